The van der Waals surface area contributed by atoms with Gasteiger partial charge in [-0.05, 0) is 12.0 Å². The van der Waals surface area contributed by atoms with Crippen LogP contribution in [0, 0.1) is 0 Å². The maximum Gasteiger partial charge on any atom is 0.191 e. The van der Waals surface area contributed by atoms with Gasteiger partial charge in [-0.1, -0.05) is 51.1 Å². The number of hydrogen-bond acceptors (Lipinski definition) is 1. The maximum atomic E-state index is 4.22. The summed E-state index contributed by atoms with van der Waals surface area (Å²) in [5.74, 6) is 0.876. The minimum Gasteiger partial charge on any atom is -0.356 e. The number of rotatable bonds is 5. The lowest BCUT2D eigenvalue weighted by atomic mass is 9.85. The van der Waals surface area contributed by atoms with E-state index in [9.17, 15) is 0 Å². The Hall–Kier alpha value is -0.780. The molecule has 3 nitrogen and oxygen atoms in total. The zero-order valence-corrected chi connectivity index (χ0v) is 14.7. The van der Waals surface area contributed by atoms with Gasteiger partial charge < -0.3 is 10.6 Å². The Morgan fingerprint density at radius 1 is 1.16 bits per heavy atom. The van der Waals surface area contributed by atoms with Crippen molar-refractivity contribution in [3.63, 3.8) is 0 Å². The Morgan fingerprint density at radius 3 is 2.32 bits per heavy atom. The van der Waals surface area contributed by atoms with E-state index in [0.717, 1.165) is 25.5 Å². The smallest absolute Gasteiger partial charge is 0.191 e. The molecule has 0 unspecified atom stereocenters. The molecule has 0 amide bonds. The van der Waals surface area contributed by atoms with E-state index in [0.29, 0.717) is 0 Å². The fourth-order valence-corrected chi connectivity index (χ4v) is 1.76. The molecule has 0 bridgehead atoms. The summed E-state index contributed by atoms with van der Waals surface area (Å²) in [5, 5.41) is 6.66. The minimum absolute atomic E-state index is 0. The van der Waals surface area contributed by atoms with Crippen molar-refractivity contribution in [2.75, 3.05) is 20.1 Å². The minimum atomic E-state index is 0. The molecule has 1 aromatic carbocycles. The van der Waals surface area contributed by atoms with E-state index in [2.05, 4.69) is 66.7 Å². The molecule has 0 saturated carbocycles. The Morgan fingerprint density at radius 2 is 1.79 bits per heavy atom. The van der Waals surface area contributed by atoms with Gasteiger partial charge >= 0.3 is 0 Å². The molecule has 108 valence electrons. The van der Waals surface area contributed by atoms with E-state index >= 15 is 0 Å². The van der Waals surface area contributed by atoms with Crippen molar-refractivity contribution in [3.05, 3.63) is 35.9 Å². The summed E-state index contributed by atoms with van der Waals surface area (Å²) in [5.41, 5.74) is 1.42. The molecule has 0 saturated heterocycles. The highest BCUT2D eigenvalue weighted by Crippen LogP contribution is 2.21. The zero-order valence-electron chi connectivity index (χ0n) is 12.4. The molecular formula is C15H26IN3. The molecule has 1 aromatic rings. The average molecular weight is 375 g/mol. The van der Waals surface area contributed by atoms with Crippen LogP contribution in [0.3, 0.4) is 0 Å². The largest absolute Gasteiger partial charge is 0.356 e. The molecule has 0 fully saturated rings. The third kappa shape index (κ3) is 6.27. The molecule has 19 heavy (non-hydrogen) atoms. The first-order valence-corrected chi connectivity index (χ1v) is 6.60. The summed E-state index contributed by atoms with van der Waals surface area (Å²) in [6.07, 6.45) is 1.10. The topological polar surface area (TPSA) is 36.4 Å². The number of halogens is 1. The van der Waals surface area contributed by atoms with Crippen LogP contribution in [0.2, 0.25) is 0 Å². The average Bonchev–Trinajstić information content (AvgIpc) is 2.40. The second kappa shape index (κ2) is 9.18. The molecule has 0 spiro atoms. The Kier molecular flexibility index (Phi) is 8.80. The summed E-state index contributed by atoms with van der Waals surface area (Å²) in [6.45, 7) is 8.44. The van der Waals surface area contributed by atoms with Crippen molar-refractivity contribution < 1.29 is 0 Å². The first kappa shape index (κ1) is 18.2. The molecule has 0 heterocycles. The number of benzene rings is 1. The standard InChI is InChI=1S/C15H25N3.HI/c1-5-11-17-14(16-4)18-12-15(2,3)13-9-7-6-8-10-13;/h6-10H,5,11-12H2,1-4H3,(H2,16,17,18);1H. The molecule has 4 heteroatoms. The lowest BCUT2D eigenvalue weighted by Gasteiger charge is -2.26. The number of aliphatic imine (C=N–C) groups is 1. The highest BCUT2D eigenvalue weighted by Gasteiger charge is 2.20. The van der Waals surface area contributed by atoms with Gasteiger partial charge in [-0.15, -0.1) is 24.0 Å². The summed E-state index contributed by atoms with van der Waals surface area (Å²) < 4.78 is 0. The fraction of sp³-hybridized carbons (Fsp3) is 0.533. The predicted molar refractivity (Wildman–Crippen MR) is 94.5 cm³/mol. The molecular weight excluding hydrogens is 349 g/mol. The van der Waals surface area contributed by atoms with Crippen LogP contribution >= 0.6 is 24.0 Å². The van der Waals surface area contributed by atoms with Gasteiger partial charge in [0, 0.05) is 25.6 Å². The van der Waals surface area contributed by atoms with Crippen molar-refractivity contribution in [3.8, 4) is 0 Å². The molecule has 2 N–H and O–H groups in total. The molecule has 0 aliphatic carbocycles. The van der Waals surface area contributed by atoms with E-state index in [1.54, 1.807) is 7.05 Å². The van der Waals surface area contributed by atoms with E-state index in [1.165, 1.54) is 5.56 Å². The van der Waals surface area contributed by atoms with Crippen molar-refractivity contribution in [1.29, 1.82) is 0 Å². The lowest BCUT2D eigenvalue weighted by Crippen LogP contribution is -2.43. The first-order valence-electron chi connectivity index (χ1n) is 6.60. The second-order valence-corrected chi connectivity index (χ2v) is 5.10. The molecule has 0 aliphatic rings. The highest BCUT2D eigenvalue weighted by molar-refractivity contribution is 14.0. The Bertz CT molecular complexity index is 374. The monoisotopic (exact) mass is 375 g/mol. The van der Waals surface area contributed by atoms with Crippen LogP contribution in [-0.2, 0) is 5.41 Å². The second-order valence-electron chi connectivity index (χ2n) is 5.10. The van der Waals surface area contributed by atoms with E-state index in [1.807, 2.05) is 0 Å². The summed E-state index contributed by atoms with van der Waals surface area (Å²) in [6, 6.07) is 10.6. The predicted octanol–water partition coefficient (Wildman–Crippen LogP) is 3.16. The summed E-state index contributed by atoms with van der Waals surface area (Å²) in [7, 11) is 1.81. The van der Waals surface area contributed by atoms with Gasteiger partial charge in [-0.2, -0.15) is 0 Å². The Balaban J connectivity index is 0.00000324. The Labute approximate surface area is 134 Å². The normalized spacial score (nSPS) is 11.7. The SMILES string of the molecule is CCCNC(=NC)NCC(C)(C)c1ccccc1.I. The van der Waals surface area contributed by atoms with Gasteiger partial charge in [0.05, 0.1) is 0 Å². The van der Waals surface area contributed by atoms with Gasteiger partial charge in [0.1, 0.15) is 0 Å². The highest BCUT2D eigenvalue weighted by atomic mass is 127. The zero-order chi connectivity index (χ0) is 13.4. The van der Waals surface area contributed by atoms with Crippen molar-refractivity contribution in [2.24, 2.45) is 4.99 Å². The van der Waals surface area contributed by atoms with Crippen LogP contribution in [0.5, 0.6) is 0 Å². The number of nitrogens with one attached hydrogen (secondary N) is 2. The van der Waals surface area contributed by atoms with Crippen LogP contribution in [0.15, 0.2) is 35.3 Å². The van der Waals surface area contributed by atoms with Crippen molar-refractivity contribution in [1.82, 2.24) is 10.6 Å². The molecule has 0 atom stereocenters. The quantitative estimate of drug-likeness (QED) is 0.471. The van der Waals surface area contributed by atoms with E-state index in [-0.39, 0.29) is 29.4 Å². The summed E-state index contributed by atoms with van der Waals surface area (Å²) in [4.78, 5) is 4.22. The fourth-order valence-electron chi connectivity index (χ4n) is 1.76. The third-order valence-corrected chi connectivity index (χ3v) is 3.02. The van der Waals surface area contributed by atoms with E-state index in [4.69, 9.17) is 0 Å². The maximum absolute atomic E-state index is 4.22. The van der Waals surface area contributed by atoms with Crippen LogP contribution in [0.1, 0.15) is 32.8 Å². The van der Waals surface area contributed by atoms with Crippen molar-refractivity contribution in [2.45, 2.75) is 32.6 Å². The van der Waals surface area contributed by atoms with Crippen molar-refractivity contribution >= 4 is 29.9 Å². The van der Waals surface area contributed by atoms with Crippen LogP contribution in [0.25, 0.3) is 0 Å². The first-order chi connectivity index (χ1) is 8.60. The molecule has 1 rings (SSSR count). The lowest BCUT2D eigenvalue weighted by molar-refractivity contribution is 0.508. The number of nitrogens with zero attached hydrogens (tertiary/aromatic N) is 1. The van der Waals surface area contributed by atoms with Crippen LogP contribution in [0.4, 0.5) is 0 Å². The van der Waals surface area contributed by atoms with Gasteiger partial charge in [0.2, 0.25) is 0 Å². The number of hydrogen-bond donors (Lipinski definition) is 2. The van der Waals surface area contributed by atoms with Crippen LogP contribution < -0.4 is 10.6 Å². The summed E-state index contributed by atoms with van der Waals surface area (Å²) >= 11 is 0. The van der Waals surface area contributed by atoms with Gasteiger partial charge in [0.25, 0.3) is 0 Å². The molecule has 0 aliphatic heterocycles. The van der Waals surface area contributed by atoms with Gasteiger partial charge in [-0.3, -0.25) is 4.99 Å². The van der Waals surface area contributed by atoms with E-state index < -0.39 is 0 Å². The number of guanidine groups is 1. The van der Waals surface area contributed by atoms with Gasteiger partial charge in [0.15, 0.2) is 5.96 Å². The molecule has 0 radical (unpaired) electrons. The molecule has 0 aromatic heterocycles. The van der Waals surface area contributed by atoms with Crippen LogP contribution in [-0.4, -0.2) is 26.1 Å². The van der Waals surface area contributed by atoms with Gasteiger partial charge in [-0.25, -0.2) is 0 Å². The third-order valence-electron chi connectivity index (χ3n) is 3.02.